The predicted molar refractivity (Wildman–Crippen MR) is 23.4 cm³/mol. The summed E-state index contributed by atoms with van der Waals surface area (Å²) in [5.41, 5.74) is 0. The lowest BCUT2D eigenvalue weighted by molar-refractivity contribution is 0.125. The lowest BCUT2D eigenvalue weighted by Crippen LogP contribution is -1.96. The number of hydrogen-bond donors (Lipinski definition) is 0. The van der Waals surface area contributed by atoms with Crippen LogP contribution in [0.4, 0.5) is 4.79 Å². The molecule has 4 heteroatoms. The summed E-state index contributed by atoms with van der Waals surface area (Å²) in [5, 5.41) is 7.66. The van der Waals surface area contributed by atoms with E-state index in [9.17, 15) is 4.79 Å². The number of carbonyl (C=O) groups is 1. The van der Waals surface area contributed by atoms with Crippen LogP contribution < -0.4 is 0 Å². The van der Waals surface area contributed by atoms with Crippen LogP contribution in [0.1, 0.15) is 0 Å². The average Bonchev–Trinajstić information content (AvgIpc) is 1.68. The monoisotopic (exact) mass is 113 g/mol. The largest absolute Gasteiger partial charge is 0.529 e. The van der Waals surface area contributed by atoms with Gasteiger partial charge in [0.05, 0.1) is 6.26 Å². The SMILES string of the molecule is C=COC(=O)OC#N. The van der Waals surface area contributed by atoms with Crippen molar-refractivity contribution in [3.63, 3.8) is 0 Å². The van der Waals surface area contributed by atoms with Gasteiger partial charge in [0, 0.05) is 0 Å². The van der Waals surface area contributed by atoms with E-state index in [1.54, 1.807) is 0 Å². The van der Waals surface area contributed by atoms with Crippen LogP contribution in [-0.2, 0) is 9.47 Å². The maximum Gasteiger partial charge on any atom is 0.529 e. The van der Waals surface area contributed by atoms with Gasteiger partial charge in [-0.3, -0.25) is 0 Å². The van der Waals surface area contributed by atoms with Crippen molar-refractivity contribution in [3.8, 4) is 6.26 Å². The molecule has 0 spiro atoms. The van der Waals surface area contributed by atoms with Gasteiger partial charge in [0.1, 0.15) is 0 Å². The summed E-state index contributed by atoms with van der Waals surface area (Å²) >= 11 is 0. The fourth-order valence-electron chi connectivity index (χ4n) is 0.129. The maximum atomic E-state index is 9.90. The molecule has 0 amide bonds. The van der Waals surface area contributed by atoms with Crippen molar-refractivity contribution in [1.29, 1.82) is 5.26 Å². The first-order valence-corrected chi connectivity index (χ1v) is 1.68. The van der Waals surface area contributed by atoms with Crippen LogP contribution in [0, 0.1) is 11.5 Å². The minimum atomic E-state index is -1.07. The third kappa shape index (κ3) is 2.72. The number of ether oxygens (including phenoxy) is 2. The number of nitrogens with zero attached hydrogens (tertiary/aromatic N) is 1. The van der Waals surface area contributed by atoms with E-state index in [4.69, 9.17) is 5.26 Å². The van der Waals surface area contributed by atoms with Gasteiger partial charge in [-0.15, -0.1) is 5.26 Å². The Labute approximate surface area is 45.9 Å². The van der Waals surface area contributed by atoms with Gasteiger partial charge in [0.2, 0.25) is 0 Å². The van der Waals surface area contributed by atoms with Crippen molar-refractivity contribution in [3.05, 3.63) is 12.8 Å². The van der Waals surface area contributed by atoms with Crippen LogP contribution in [-0.4, -0.2) is 6.16 Å². The summed E-state index contributed by atoms with van der Waals surface area (Å²) in [6, 6.07) is 0. The van der Waals surface area contributed by atoms with E-state index in [1.807, 2.05) is 0 Å². The van der Waals surface area contributed by atoms with Crippen LogP contribution in [0.2, 0.25) is 0 Å². The van der Waals surface area contributed by atoms with Crippen LogP contribution in [0.5, 0.6) is 0 Å². The van der Waals surface area contributed by atoms with E-state index in [2.05, 4.69) is 16.1 Å². The molecule has 0 bridgehead atoms. The Bertz CT molecular complexity index is 135. The topological polar surface area (TPSA) is 59.3 Å². The van der Waals surface area contributed by atoms with Crippen LogP contribution in [0.3, 0.4) is 0 Å². The highest BCUT2D eigenvalue weighted by Crippen LogP contribution is 1.80. The highest BCUT2D eigenvalue weighted by atomic mass is 16.7. The second-order valence-corrected chi connectivity index (χ2v) is 0.728. The van der Waals surface area contributed by atoms with Crippen molar-refractivity contribution >= 4 is 6.16 Å². The zero-order valence-electron chi connectivity index (χ0n) is 3.96. The molecule has 0 heterocycles. The molecule has 0 N–H and O–H groups in total. The molecule has 42 valence electrons. The predicted octanol–water partition coefficient (Wildman–Crippen LogP) is 0.764. The van der Waals surface area contributed by atoms with Crippen molar-refractivity contribution in [2.45, 2.75) is 0 Å². The summed E-state index contributed by atoms with van der Waals surface area (Å²) < 4.78 is 7.62. The first-order chi connectivity index (χ1) is 3.81. The molecular formula is C4H3NO3. The molecule has 0 saturated carbocycles. The number of nitriles is 1. The van der Waals surface area contributed by atoms with E-state index in [1.165, 1.54) is 0 Å². The standard InChI is InChI=1S/C4H3NO3/c1-2-7-4(6)8-3-5/h2H,1H2. The lowest BCUT2D eigenvalue weighted by atomic mass is 11.1. The van der Waals surface area contributed by atoms with Crippen LogP contribution in [0.25, 0.3) is 0 Å². The summed E-state index contributed by atoms with van der Waals surface area (Å²) in [4.78, 5) is 9.90. The van der Waals surface area contributed by atoms with Gasteiger partial charge in [-0.05, 0) is 0 Å². The molecular weight excluding hydrogens is 110 g/mol. The molecule has 0 atom stereocenters. The Morgan fingerprint density at radius 3 is 2.88 bits per heavy atom. The van der Waals surface area contributed by atoms with E-state index < -0.39 is 6.16 Å². The minimum Gasteiger partial charge on any atom is -0.403 e. The Balaban J connectivity index is 3.36. The highest BCUT2D eigenvalue weighted by molar-refractivity contribution is 5.61. The van der Waals surface area contributed by atoms with E-state index >= 15 is 0 Å². The normalized spacial score (nSPS) is 6.38. The molecule has 0 aliphatic heterocycles. The Morgan fingerprint density at radius 2 is 2.50 bits per heavy atom. The van der Waals surface area contributed by atoms with E-state index in [0.717, 1.165) is 12.5 Å². The Morgan fingerprint density at radius 1 is 1.88 bits per heavy atom. The summed E-state index contributed by atoms with van der Waals surface area (Å²) in [6.45, 7) is 3.05. The van der Waals surface area contributed by atoms with Crippen molar-refractivity contribution in [1.82, 2.24) is 0 Å². The molecule has 0 aromatic rings. The fraction of sp³-hybridized carbons (Fsp3) is 0. The smallest absolute Gasteiger partial charge is 0.403 e. The molecule has 8 heavy (non-hydrogen) atoms. The van der Waals surface area contributed by atoms with Gasteiger partial charge in [-0.2, -0.15) is 0 Å². The second-order valence-electron chi connectivity index (χ2n) is 0.728. The molecule has 0 fully saturated rings. The van der Waals surface area contributed by atoms with Crippen molar-refractivity contribution < 1.29 is 14.3 Å². The Kier molecular flexibility index (Phi) is 2.99. The first kappa shape index (κ1) is 6.50. The van der Waals surface area contributed by atoms with Gasteiger partial charge in [0.15, 0.2) is 0 Å². The van der Waals surface area contributed by atoms with Crippen molar-refractivity contribution in [2.75, 3.05) is 0 Å². The second kappa shape index (κ2) is 3.68. The van der Waals surface area contributed by atoms with E-state index in [0.29, 0.717) is 0 Å². The molecule has 0 radical (unpaired) electrons. The van der Waals surface area contributed by atoms with Gasteiger partial charge in [0.25, 0.3) is 6.26 Å². The summed E-state index contributed by atoms with van der Waals surface area (Å²) in [7, 11) is 0. The van der Waals surface area contributed by atoms with Gasteiger partial charge < -0.3 is 9.47 Å². The van der Waals surface area contributed by atoms with Gasteiger partial charge >= 0.3 is 6.16 Å². The molecule has 0 rings (SSSR count). The average molecular weight is 113 g/mol. The molecule has 0 aliphatic carbocycles. The van der Waals surface area contributed by atoms with Gasteiger partial charge in [-0.25, -0.2) is 4.79 Å². The zero-order valence-corrected chi connectivity index (χ0v) is 3.96. The Hall–Kier alpha value is -1.50. The summed E-state index contributed by atoms with van der Waals surface area (Å²) in [6.07, 6.45) is 0.938. The minimum absolute atomic E-state index is 0.875. The third-order valence-corrected chi connectivity index (χ3v) is 0.309. The highest BCUT2D eigenvalue weighted by Gasteiger charge is 1.96. The van der Waals surface area contributed by atoms with E-state index in [-0.39, 0.29) is 0 Å². The number of hydrogen-bond acceptors (Lipinski definition) is 4. The van der Waals surface area contributed by atoms with Gasteiger partial charge in [-0.1, -0.05) is 6.58 Å². The molecule has 0 unspecified atom stereocenters. The molecule has 0 saturated heterocycles. The van der Waals surface area contributed by atoms with Crippen LogP contribution in [0.15, 0.2) is 12.8 Å². The number of rotatable bonds is 1. The van der Waals surface area contributed by atoms with Crippen molar-refractivity contribution in [2.24, 2.45) is 0 Å². The summed E-state index contributed by atoms with van der Waals surface area (Å²) in [5.74, 6) is 0. The lowest BCUT2D eigenvalue weighted by Gasteiger charge is -1.87. The zero-order chi connectivity index (χ0) is 6.41. The number of carbonyl (C=O) groups excluding carboxylic acids is 1. The fourth-order valence-corrected chi connectivity index (χ4v) is 0.129. The molecule has 4 nitrogen and oxygen atoms in total. The molecule has 0 aromatic carbocycles. The molecule has 0 aromatic heterocycles. The van der Waals surface area contributed by atoms with Crippen LogP contribution >= 0.6 is 0 Å². The first-order valence-electron chi connectivity index (χ1n) is 1.68. The third-order valence-electron chi connectivity index (χ3n) is 0.309. The molecule has 0 aliphatic rings. The maximum absolute atomic E-state index is 9.90. The quantitative estimate of drug-likeness (QED) is 0.286.